The number of carbonyl (C=O) groups excluding carboxylic acids is 1. The van der Waals surface area contributed by atoms with Crippen molar-refractivity contribution in [3.63, 3.8) is 0 Å². The van der Waals surface area contributed by atoms with Crippen LogP contribution in [0.1, 0.15) is 23.6 Å². The van der Waals surface area contributed by atoms with E-state index in [1.165, 1.54) is 12.0 Å². The third-order valence-corrected chi connectivity index (χ3v) is 7.21. The summed E-state index contributed by atoms with van der Waals surface area (Å²) >= 11 is 1.98. The van der Waals surface area contributed by atoms with Crippen molar-refractivity contribution in [3.05, 3.63) is 71.8 Å². The minimum absolute atomic E-state index is 0.163. The number of hydrogen-bond donors (Lipinski definition) is 1. The van der Waals surface area contributed by atoms with Gasteiger partial charge < -0.3 is 10.2 Å². The Balaban J connectivity index is 1.28. The molecule has 0 aliphatic carbocycles. The molecule has 5 heteroatoms. The number of benzene rings is 2. The van der Waals surface area contributed by atoms with Crippen molar-refractivity contribution >= 4 is 17.7 Å². The zero-order valence-electron chi connectivity index (χ0n) is 17.7. The molecule has 0 spiro atoms. The molecule has 4 rings (SSSR count). The second-order valence-electron chi connectivity index (χ2n) is 8.40. The van der Waals surface area contributed by atoms with Crippen molar-refractivity contribution in [2.24, 2.45) is 5.92 Å². The number of amides is 1. The zero-order valence-corrected chi connectivity index (χ0v) is 18.5. The Labute approximate surface area is 185 Å². The van der Waals surface area contributed by atoms with Gasteiger partial charge in [-0.25, -0.2) is 0 Å². The van der Waals surface area contributed by atoms with Gasteiger partial charge in [0.2, 0.25) is 5.91 Å². The predicted octanol–water partition coefficient (Wildman–Crippen LogP) is 3.46. The predicted molar refractivity (Wildman–Crippen MR) is 126 cm³/mol. The smallest absolute Gasteiger partial charge is 0.241 e. The number of thioether (sulfide) groups is 1. The molecule has 0 saturated carbocycles. The Bertz CT molecular complexity index is 779. The quantitative estimate of drug-likeness (QED) is 0.705. The Morgan fingerprint density at radius 1 is 1.00 bits per heavy atom. The topological polar surface area (TPSA) is 35.6 Å². The van der Waals surface area contributed by atoms with Crippen LogP contribution in [0.25, 0.3) is 0 Å². The lowest BCUT2D eigenvalue weighted by atomic mass is 10.0. The second-order valence-corrected chi connectivity index (χ2v) is 9.62. The van der Waals surface area contributed by atoms with E-state index in [2.05, 4.69) is 57.6 Å². The highest BCUT2D eigenvalue weighted by Gasteiger charge is 2.30. The molecule has 1 N–H and O–H groups in total. The molecule has 2 aromatic rings. The van der Waals surface area contributed by atoms with Gasteiger partial charge in [-0.05, 0) is 36.4 Å². The molecular formula is C25H33N3OS. The molecule has 2 aromatic carbocycles. The van der Waals surface area contributed by atoms with E-state index < -0.39 is 0 Å². The van der Waals surface area contributed by atoms with Crippen LogP contribution in [0.3, 0.4) is 0 Å². The Morgan fingerprint density at radius 3 is 2.43 bits per heavy atom. The fraction of sp³-hybridized carbons (Fsp3) is 0.480. The maximum Gasteiger partial charge on any atom is 0.241 e. The molecule has 4 nitrogen and oxygen atoms in total. The first-order chi connectivity index (χ1) is 14.8. The molecule has 0 aromatic heterocycles. The molecule has 1 amide bonds. The lowest BCUT2D eigenvalue weighted by Crippen LogP contribution is -2.45. The van der Waals surface area contributed by atoms with Gasteiger partial charge in [-0.15, -0.1) is 0 Å². The van der Waals surface area contributed by atoms with Gasteiger partial charge in [0.15, 0.2) is 0 Å². The van der Waals surface area contributed by atoms with E-state index in [1.54, 1.807) is 0 Å². The van der Waals surface area contributed by atoms with Gasteiger partial charge in [0, 0.05) is 44.2 Å². The van der Waals surface area contributed by atoms with E-state index in [9.17, 15) is 4.79 Å². The summed E-state index contributed by atoms with van der Waals surface area (Å²) < 4.78 is 0. The summed E-state index contributed by atoms with van der Waals surface area (Å²) in [6.07, 6.45) is 2.27. The van der Waals surface area contributed by atoms with Crippen LogP contribution in [0.15, 0.2) is 60.7 Å². The van der Waals surface area contributed by atoms with Crippen molar-refractivity contribution in [1.82, 2.24) is 15.1 Å². The third-order valence-electron chi connectivity index (χ3n) is 6.27. The highest BCUT2D eigenvalue weighted by atomic mass is 32.2. The maximum atomic E-state index is 13.2. The summed E-state index contributed by atoms with van der Waals surface area (Å²) in [5.74, 6) is 2.93. The SMILES string of the molecule is O=C(NCC1CCN(CCc2ccccc2)C1)C(c1ccccc1)N1CCSCC1. The number of hydrogen-bond acceptors (Lipinski definition) is 4. The average molecular weight is 424 g/mol. The lowest BCUT2D eigenvalue weighted by Gasteiger charge is -2.34. The highest BCUT2D eigenvalue weighted by Crippen LogP contribution is 2.25. The Kier molecular flexibility index (Phi) is 7.84. The summed E-state index contributed by atoms with van der Waals surface area (Å²) in [5.41, 5.74) is 2.51. The van der Waals surface area contributed by atoms with E-state index in [0.717, 1.165) is 62.8 Å². The van der Waals surface area contributed by atoms with Crippen molar-refractivity contribution in [2.45, 2.75) is 18.9 Å². The van der Waals surface area contributed by atoms with Gasteiger partial charge in [-0.2, -0.15) is 11.8 Å². The standard InChI is InChI=1S/C25H33N3OS/c29-25(24(23-9-5-2-6-10-23)28-15-17-30-18-16-28)26-19-22-12-14-27(20-22)13-11-21-7-3-1-4-8-21/h1-10,22,24H,11-20H2,(H,26,29). The highest BCUT2D eigenvalue weighted by molar-refractivity contribution is 7.99. The summed E-state index contributed by atoms with van der Waals surface area (Å²) in [5, 5.41) is 3.30. The van der Waals surface area contributed by atoms with Crippen LogP contribution >= 0.6 is 11.8 Å². The lowest BCUT2D eigenvalue weighted by molar-refractivity contribution is -0.126. The van der Waals surface area contributed by atoms with E-state index in [-0.39, 0.29) is 11.9 Å². The van der Waals surface area contributed by atoms with Crippen LogP contribution in [0, 0.1) is 5.92 Å². The van der Waals surface area contributed by atoms with E-state index in [0.29, 0.717) is 5.92 Å². The molecule has 2 saturated heterocycles. The van der Waals surface area contributed by atoms with Crippen LogP contribution in [0.4, 0.5) is 0 Å². The van der Waals surface area contributed by atoms with Gasteiger partial charge in [0.05, 0.1) is 0 Å². The van der Waals surface area contributed by atoms with Gasteiger partial charge >= 0.3 is 0 Å². The van der Waals surface area contributed by atoms with Gasteiger partial charge in [0.25, 0.3) is 0 Å². The normalized spacial score (nSPS) is 21.4. The Morgan fingerprint density at radius 2 is 1.70 bits per heavy atom. The van der Waals surface area contributed by atoms with Crippen molar-refractivity contribution < 1.29 is 4.79 Å². The molecule has 2 aliphatic heterocycles. The number of likely N-dealkylation sites (tertiary alicyclic amines) is 1. The van der Waals surface area contributed by atoms with Gasteiger partial charge in [0.1, 0.15) is 6.04 Å². The molecule has 2 aliphatic rings. The van der Waals surface area contributed by atoms with Gasteiger partial charge in [-0.1, -0.05) is 60.7 Å². The van der Waals surface area contributed by atoms with Gasteiger partial charge in [-0.3, -0.25) is 9.69 Å². The largest absolute Gasteiger partial charge is 0.354 e. The fourth-order valence-corrected chi connectivity index (χ4v) is 5.49. The molecule has 160 valence electrons. The molecule has 2 unspecified atom stereocenters. The minimum Gasteiger partial charge on any atom is -0.354 e. The zero-order chi connectivity index (χ0) is 20.6. The molecule has 2 heterocycles. The van der Waals surface area contributed by atoms with E-state index in [1.807, 2.05) is 30.0 Å². The molecule has 2 atom stereocenters. The molecule has 30 heavy (non-hydrogen) atoms. The van der Waals surface area contributed by atoms with Crippen LogP contribution < -0.4 is 5.32 Å². The third kappa shape index (κ3) is 5.87. The van der Waals surface area contributed by atoms with Crippen LogP contribution in [-0.2, 0) is 11.2 Å². The molecule has 0 radical (unpaired) electrons. The number of rotatable bonds is 8. The average Bonchev–Trinajstić information content (AvgIpc) is 3.27. The first-order valence-corrected chi connectivity index (χ1v) is 12.4. The maximum absolute atomic E-state index is 13.2. The molecule has 0 bridgehead atoms. The Hall–Kier alpha value is -1.82. The van der Waals surface area contributed by atoms with E-state index >= 15 is 0 Å². The van der Waals surface area contributed by atoms with Crippen molar-refractivity contribution in [2.75, 3.05) is 50.8 Å². The van der Waals surface area contributed by atoms with Crippen LogP contribution in [0.5, 0.6) is 0 Å². The molecular weight excluding hydrogens is 390 g/mol. The van der Waals surface area contributed by atoms with Crippen LogP contribution in [0.2, 0.25) is 0 Å². The summed E-state index contributed by atoms with van der Waals surface area (Å²) in [7, 11) is 0. The number of carbonyl (C=O) groups is 1. The number of nitrogens with zero attached hydrogens (tertiary/aromatic N) is 2. The van der Waals surface area contributed by atoms with Crippen molar-refractivity contribution in [3.8, 4) is 0 Å². The summed E-state index contributed by atoms with van der Waals surface area (Å²) in [6.45, 7) is 6.07. The van der Waals surface area contributed by atoms with E-state index in [4.69, 9.17) is 0 Å². The summed E-state index contributed by atoms with van der Waals surface area (Å²) in [6, 6.07) is 20.8. The first-order valence-electron chi connectivity index (χ1n) is 11.2. The molecule has 2 fully saturated rings. The summed E-state index contributed by atoms with van der Waals surface area (Å²) in [4.78, 5) is 18.1. The van der Waals surface area contributed by atoms with Crippen LogP contribution in [-0.4, -0.2) is 66.5 Å². The van der Waals surface area contributed by atoms with Crippen molar-refractivity contribution in [1.29, 1.82) is 0 Å². The number of nitrogens with one attached hydrogen (secondary N) is 1. The second kappa shape index (κ2) is 11.0. The first kappa shape index (κ1) is 21.4. The monoisotopic (exact) mass is 423 g/mol. The fourth-order valence-electron chi connectivity index (χ4n) is 4.56. The minimum atomic E-state index is -0.164.